The fraction of sp³-hybridized carbons (Fsp3) is 0.533. The van der Waals surface area contributed by atoms with Gasteiger partial charge < -0.3 is 15.2 Å². The van der Waals surface area contributed by atoms with Crippen LogP contribution in [-0.4, -0.2) is 40.7 Å². The van der Waals surface area contributed by atoms with Gasteiger partial charge in [0.2, 0.25) is 10.0 Å². The van der Waals surface area contributed by atoms with Crippen molar-refractivity contribution in [3.05, 3.63) is 23.8 Å². The van der Waals surface area contributed by atoms with Crippen molar-refractivity contribution in [3.63, 3.8) is 0 Å². The van der Waals surface area contributed by atoms with E-state index in [1.165, 1.54) is 32.4 Å². The molecule has 136 valence electrons. The van der Waals surface area contributed by atoms with Crippen molar-refractivity contribution in [1.82, 2.24) is 4.72 Å². The summed E-state index contributed by atoms with van der Waals surface area (Å²) in [6.45, 7) is 0. The summed E-state index contributed by atoms with van der Waals surface area (Å²) in [4.78, 5) is 11.7. The van der Waals surface area contributed by atoms with Crippen molar-refractivity contribution in [3.8, 4) is 5.75 Å². The fourth-order valence-electron chi connectivity index (χ4n) is 2.64. The highest BCUT2D eigenvalue weighted by molar-refractivity contribution is 7.89. The molecular weight excluding hydrogens is 356 g/mol. The fourth-order valence-corrected chi connectivity index (χ4v) is 3.96. The zero-order valence-corrected chi connectivity index (χ0v) is 15.3. The van der Waals surface area contributed by atoms with Gasteiger partial charge in [-0.2, -0.15) is 0 Å². The first kappa shape index (κ1) is 20.7. The van der Waals surface area contributed by atoms with Gasteiger partial charge in [-0.25, -0.2) is 17.9 Å². The Morgan fingerprint density at radius 1 is 1.21 bits per heavy atom. The number of nitrogens with two attached hydrogens (primary N) is 1. The van der Waals surface area contributed by atoms with Gasteiger partial charge in [0.25, 0.3) is 0 Å². The highest BCUT2D eigenvalue weighted by atomic mass is 35.5. The molecule has 1 aromatic carbocycles. The van der Waals surface area contributed by atoms with Crippen molar-refractivity contribution in [2.45, 2.75) is 42.7 Å². The summed E-state index contributed by atoms with van der Waals surface area (Å²) in [6.07, 6.45) is 3.05. The number of sulfonamides is 1. The van der Waals surface area contributed by atoms with Gasteiger partial charge in [-0.1, -0.05) is 0 Å². The summed E-state index contributed by atoms with van der Waals surface area (Å²) in [5.74, 6) is -0.426. The molecule has 7 nitrogen and oxygen atoms in total. The van der Waals surface area contributed by atoms with E-state index in [4.69, 9.17) is 10.5 Å². The van der Waals surface area contributed by atoms with Gasteiger partial charge in [-0.15, -0.1) is 12.4 Å². The van der Waals surface area contributed by atoms with Gasteiger partial charge in [0, 0.05) is 18.2 Å². The van der Waals surface area contributed by atoms with Crippen LogP contribution < -0.4 is 15.2 Å². The molecule has 0 atom stereocenters. The van der Waals surface area contributed by atoms with Crippen LogP contribution in [0.3, 0.4) is 0 Å². The minimum atomic E-state index is -3.68. The highest BCUT2D eigenvalue weighted by Gasteiger charge is 2.25. The Balaban J connectivity index is 0.00000288. The summed E-state index contributed by atoms with van der Waals surface area (Å²) in [5.41, 5.74) is 6.01. The van der Waals surface area contributed by atoms with Crippen molar-refractivity contribution < 1.29 is 22.7 Å². The van der Waals surface area contributed by atoms with Crippen molar-refractivity contribution >= 4 is 28.4 Å². The van der Waals surface area contributed by atoms with Gasteiger partial charge in [0.15, 0.2) is 0 Å². The summed E-state index contributed by atoms with van der Waals surface area (Å²) in [7, 11) is -1.06. The number of benzene rings is 1. The number of nitrogens with one attached hydrogen (secondary N) is 1. The van der Waals surface area contributed by atoms with E-state index in [-0.39, 0.29) is 40.7 Å². The Kier molecular flexibility index (Phi) is 7.47. The van der Waals surface area contributed by atoms with Crippen LogP contribution in [0, 0.1) is 0 Å². The normalized spacial score (nSPS) is 20.8. The second kappa shape index (κ2) is 8.66. The van der Waals surface area contributed by atoms with Gasteiger partial charge >= 0.3 is 5.97 Å². The van der Waals surface area contributed by atoms with Crippen LogP contribution in [0.4, 0.5) is 0 Å². The number of methoxy groups -OCH3 is 2. The van der Waals surface area contributed by atoms with Crippen LogP contribution in [0.2, 0.25) is 0 Å². The number of carbonyl (C=O) groups is 1. The van der Waals surface area contributed by atoms with Gasteiger partial charge in [0.1, 0.15) is 11.3 Å². The van der Waals surface area contributed by atoms with Gasteiger partial charge in [0.05, 0.1) is 19.1 Å². The Labute approximate surface area is 148 Å². The average molecular weight is 379 g/mol. The molecule has 0 aliphatic heterocycles. The quantitative estimate of drug-likeness (QED) is 0.751. The lowest BCUT2D eigenvalue weighted by atomic mass is 9.93. The zero-order chi connectivity index (χ0) is 17.0. The second-order valence-corrected chi connectivity index (χ2v) is 7.30. The minimum Gasteiger partial charge on any atom is -0.496 e. The Morgan fingerprint density at radius 2 is 1.83 bits per heavy atom. The molecule has 0 unspecified atom stereocenters. The maximum absolute atomic E-state index is 12.5. The van der Waals surface area contributed by atoms with Crippen molar-refractivity contribution in [2.24, 2.45) is 5.73 Å². The smallest absolute Gasteiger partial charge is 0.341 e. The van der Waals surface area contributed by atoms with Crippen LogP contribution in [-0.2, 0) is 14.8 Å². The first-order valence-electron chi connectivity index (χ1n) is 7.41. The van der Waals surface area contributed by atoms with Crippen LogP contribution in [0.25, 0.3) is 0 Å². The number of carbonyl (C=O) groups excluding carboxylic acids is 1. The van der Waals surface area contributed by atoms with E-state index in [9.17, 15) is 13.2 Å². The lowest BCUT2D eigenvalue weighted by Crippen LogP contribution is -2.40. The first-order chi connectivity index (χ1) is 10.9. The Morgan fingerprint density at radius 3 is 2.38 bits per heavy atom. The summed E-state index contributed by atoms with van der Waals surface area (Å²) in [6, 6.07) is 4.10. The number of rotatable bonds is 5. The maximum atomic E-state index is 12.5. The zero-order valence-electron chi connectivity index (χ0n) is 13.7. The topological polar surface area (TPSA) is 108 Å². The SMILES string of the molecule is COC(=O)c1ccc(S(=O)(=O)NC2CCC(N)CC2)cc1OC.Cl. The molecule has 9 heteroatoms. The molecule has 0 heterocycles. The number of halogens is 1. The molecule has 3 N–H and O–H groups in total. The molecule has 0 saturated heterocycles. The molecule has 1 aliphatic rings. The molecule has 2 rings (SSSR count). The molecule has 24 heavy (non-hydrogen) atoms. The maximum Gasteiger partial charge on any atom is 0.341 e. The lowest BCUT2D eigenvalue weighted by molar-refractivity contribution is 0.0597. The van der Waals surface area contributed by atoms with Crippen LogP contribution >= 0.6 is 12.4 Å². The van der Waals surface area contributed by atoms with Gasteiger partial charge in [-0.3, -0.25) is 0 Å². The number of esters is 1. The van der Waals surface area contributed by atoms with Crippen LogP contribution in [0.5, 0.6) is 5.75 Å². The third kappa shape index (κ3) is 4.83. The van der Waals surface area contributed by atoms with E-state index in [0.29, 0.717) is 0 Å². The molecular formula is C15H23ClN2O5S. The van der Waals surface area contributed by atoms with Crippen LogP contribution in [0.15, 0.2) is 23.1 Å². The van der Waals surface area contributed by atoms with E-state index >= 15 is 0 Å². The van der Waals surface area contributed by atoms with E-state index in [0.717, 1.165) is 25.7 Å². The van der Waals surface area contributed by atoms with E-state index in [2.05, 4.69) is 9.46 Å². The molecule has 0 amide bonds. The van der Waals surface area contributed by atoms with E-state index in [1.807, 2.05) is 0 Å². The third-order valence-corrected chi connectivity index (χ3v) is 5.50. The molecule has 1 saturated carbocycles. The third-order valence-electron chi connectivity index (χ3n) is 3.98. The standard InChI is InChI=1S/C15H22N2O5S.ClH/c1-21-14-9-12(7-8-13(14)15(18)22-2)23(19,20)17-11-5-3-10(16)4-6-11;/h7-11,17H,3-6,16H2,1-2H3;1H. The Hall–Kier alpha value is -1.35. The number of hydrogen-bond donors (Lipinski definition) is 2. The van der Waals surface area contributed by atoms with E-state index < -0.39 is 16.0 Å². The van der Waals surface area contributed by atoms with Crippen molar-refractivity contribution in [1.29, 1.82) is 0 Å². The average Bonchev–Trinajstić information content (AvgIpc) is 2.55. The van der Waals surface area contributed by atoms with E-state index in [1.54, 1.807) is 0 Å². The molecule has 0 aromatic heterocycles. The molecule has 0 bridgehead atoms. The highest BCUT2D eigenvalue weighted by Crippen LogP contribution is 2.25. The molecule has 1 aromatic rings. The number of hydrogen-bond acceptors (Lipinski definition) is 6. The lowest BCUT2D eigenvalue weighted by Gasteiger charge is -2.26. The monoisotopic (exact) mass is 378 g/mol. The first-order valence-corrected chi connectivity index (χ1v) is 8.90. The van der Waals surface area contributed by atoms with Gasteiger partial charge in [-0.05, 0) is 37.8 Å². The van der Waals surface area contributed by atoms with Crippen LogP contribution in [0.1, 0.15) is 36.0 Å². The number of ether oxygens (including phenoxy) is 2. The second-order valence-electron chi connectivity index (χ2n) is 5.59. The summed E-state index contributed by atoms with van der Waals surface area (Å²) < 4.78 is 37.4. The predicted octanol–water partition coefficient (Wildman–Crippen LogP) is 1.45. The molecule has 0 radical (unpaired) electrons. The van der Waals surface area contributed by atoms with Crippen molar-refractivity contribution in [2.75, 3.05) is 14.2 Å². The summed E-state index contributed by atoms with van der Waals surface area (Å²) >= 11 is 0. The minimum absolute atomic E-state index is 0. The molecule has 0 spiro atoms. The summed E-state index contributed by atoms with van der Waals surface area (Å²) in [5, 5.41) is 0. The molecule has 1 fully saturated rings. The largest absolute Gasteiger partial charge is 0.496 e. The predicted molar refractivity (Wildman–Crippen MR) is 92.1 cm³/mol. The Bertz CT molecular complexity index is 672. The molecule has 1 aliphatic carbocycles.